The second kappa shape index (κ2) is 14.3. The van der Waals surface area contributed by atoms with Crippen LogP contribution in [0.15, 0.2) is 245 Å². The zero-order chi connectivity index (χ0) is 42.2. The molecule has 2 aromatic heterocycles. The molecule has 10 aromatic carbocycles. The van der Waals surface area contributed by atoms with E-state index in [0.717, 1.165) is 83.2 Å². The van der Waals surface area contributed by atoms with E-state index in [0.29, 0.717) is 0 Å². The average molecular weight is 818 g/mol. The summed E-state index contributed by atoms with van der Waals surface area (Å²) < 4.78 is 12.7. The highest BCUT2D eigenvalue weighted by molar-refractivity contribution is 6.10. The molecular formula is C61H39NO2. The molecule has 3 nitrogen and oxygen atoms in total. The topological polar surface area (TPSA) is 29.5 Å². The van der Waals surface area contributed by atoms with E-state index in [4.69, 9.17) is 8.83 Å². The summed E-state index contributed by atoms with van der Waals surface area (Å²) in [5.74, 6) is 0. The number of hydrogen-bond donors (Lipinski definition) is 0. The summed E-state index contributed by atoms with van der Waals surface area (Å²) in [6.45, 7) is 0. The van der Waals surface area contributed by atoms with Gasteiger partial charge in [-0.15, -0.1) is 0 Å². The van der Waals surface area contributed by atoms with Gasteiger partial charge in [0.15, 0.2) is 0 Å². The van der Waals surface area contributed by atoms with Gasteiger partial charge in [0.1, 0.15) is 22.3 Å². The summed E-state index contributed by atoms with van der Waals surface area (Å²) in [6, 6.07) is 85.3. The number of rotatable bonds is 7. The Balaban J connectivity index is 0.939. The van der Waals surface area contributed by atoms with Crippen molar-refractivity contribution < 1.29 is 8.83 Å². The molecule has 0 atom stereocenters. The average Bonchev–Trinajstić information content (AvgIpc) is 4.03. The summed E-state index contributed by atoms with van der Waals surface area (Å²) in [4.78, 5) is 2.38. The van der Waals surface area contributed by atoms with Crippen LogP contribution in [0, 0.1) is 0 Å². The minimum Gasteiger partial charge on any atom is -0.456 e. The number of benzene rings is 10. The van der Waals surface area contributed by atoms with Gasteiger partial charge in [-0.2, -0.15) is 0 Å². The normalized spacial score (nSPS) is 12.8. The Morgan fingerprint density at radius 3 is 1.53 bits per heavy atom. The molecule has 64 heavy (non-hydrogen) atoms. The molecule has 0 radical (unpaired) electrons. The Morgan fingerprint density at radius 2 is 0.797 bits per heavy atom. The molecule has 0 saturated heterocycles. The van der Waals surface area contributed by atoms with Crippen molar-refractivity contribution in [2.24, 2.45) is 0 Å². The van der Waals surface area contributed by atoms with Crippen molar-refractivity contribution in [1.82, 2.24) is 0 Å². The SMILES string of the molecule is c1ccc(C2(c3ccccc3)c3ccccc3-c3cc(N(c4ccc(-c5ccc(-c6cccc7c6oc6ccccc67)cc5)cc4)c4ccc5oc6ccccc6c5c4)ccc32)cc1. The van der Waals surface area contributed by atoms with Crippen molar-refractivity contribution in [3.63, 3.8) is 0 Å². The molecule has 0 amide bonds. The Morgan fingerprint density at radius 1 is 0.297 bits per heavy atom. The smallest absolute Gasteiger partial charge is 0.143 e. The van der Waals surface area contributed by atoms with E-state index >= 15 is 0 Å². The second-order valence-corrected chi connectivity index (χ2v) is 16.8. The Labute approximate surface area is 370 Å². The highest BCUT2D eigenvalue weighted by atomic mass is 16.3. The van der Waals surface area contributed by atoms with E-state index in [1.54, 1.807) is 0 Å². The van der Waals surface area contributed by atoms with Crippen molar-refractivity contribution >= 4 is 60.9 Å². The van der Waals surface area contributed by atoms with Crippen molar-refractivity contribution in [2.45, 2.75) is 5.41 Å². The van der Waals surface area contributed by atoms with Gasteiger partial charge in [0.25, 0.3) is 0 Å². The Bertz CT molecular complexity index is 3670. The number of fused-ring (bicyclic) bond motifs is 9. The van der Waals surface area contributed by atoms with Crippen LogP contribution in [-0.4, -0.2) is 0 Å². The van der Waals surface area contributed by atoms with Crippen molar-refractivity contribution in [2.75, 3.05) is 4.90 Å². The van der Waals surface area contributed by atoms with E-state index in [1.165, 1.54) is 33.4 Å². The van der Waals surface area contributed by atoms with E-state index in [-0.39, 0.29) is 0 Å². The maximum Gasteiger partial charge on any atom is 0.143 e. The van der Waals surface area contributed by atoms with Crippen LogP contribution in [0.1, 0.15) is 22.3 Å². The number of furan rings is 2. The van der Waals surface area contributed by atoms with Gasteiger partial charge in [0.2, 0.25) is 0 Å². The predicted molar refractivity (Wildman–Crippen MR) is 264 cm³/mol. The van der Waals surface area contributed by atoms with Crippen molar-refractivity contribution in [1.29, 1.82) is 0 Å². The van der Waals surface area contributed by atoms with Gasteiger partial charge in [-0.25, -0.2) is 0 Å². The molecule has 0 bridgehead atoms. The van der Waals surface area contributed by atoms with Crippen LogP contribution in [0.4, 0.5) is 17.1 Å². The standard InChI is InChI=1S/C61H39NO2/c1-3-14-43(15-4-1)61(44-16-5-2-6-17-44)55-23-10-7-18-49(55)53-38-46(34-36-56(53)61)62(47-35-37-59-54(39-47)51-20-9-11-24-57(51)63-59)45-32-30-41(31-33-45)40-26-28-42(29-27-40)48-21-13-22-52-50-19-8-12-25-58(50)64-60(48)52/h1-39H. The van der Waals surface area contributed by atoms with Gasteiger partial charge in [0.05, 0.1) is 5.41 Å². The zero-order valence-corrected chi connectivity index (χ0v) is 34.8. The molecule has 0 spiro atoms. The molecule has 13 rings (SSSR count). The van der Waals surface area contributed by atoms with Crippen LogP contribution in [0.25, 0.3) is 77.3 Å². The lowest BCUT2D eigenvalue weighted by Crippen LogP contribution is -2.28. The molecule has 0 saturated carbocycles. The van der Waals surface area contributed by atoms with Gasteiger partial charge in [-0.05, 0) is 105 Å². The van der Waals surface area contributed by atoms with Crippen LogP contribution >= 0.6 is 0 Å². The first-order chi connectivity index (χ1) is 31.7. The van der Waals surface area contributed by atoms with Crippen LogP contribution < -0.4 is 4.90 Å². The van der Waals surface area contributed by atoms with Crippen LogP contribution in [-0.2, 0) is 5.41 Å². The van der Waals surface area contributed by atoms with Crippen molar-refractivity contribution in [3.8, 4) is 33.4 Å². The van der Waals surface area contributed by atoms with Gasteiger partial charge in [-0.3, -0.25) is 0 Å². The molecule has 1 aliphatic carbocycles. The van der Waals surface area contributed by atoms with Crippen molar-refractivity contribution in [3.05, 3.63) is 259 Å². The lowest BCUT2D eigenvalue weighted by atomic mass is 9.68. The van der Waals surface area contributed by atoms with Gasteiger partial charge in [-0.1, -0.05) is 182 Å². The van der Waals surface area contributed by atoms with Crippen LogP contribution in [0.3, 0.4) is 0 Å². The molecule has 12 aromatic rings. The molecule has 0 N–H and O–H groups in total. The monoisotopic (exact) mass is 817 g/mol. The van der Waals surface area contributed by atoms with Gasteiger partial charge in [0, 0.05) is 44.2 Å². The van der Waals surface area contributed by atoms with Gasteiger partial charge < -0.3 is 13.7 Å². The second-order valence-electron chi connectivity index (χ2n) is 16.8. The quantitative estimate of drug-likeness (QED) is 0.160. The first-order valence-corrected chi connectivity index (χ1v) is 21.9. The molecule has 3 heteroatoms. The third-order valence-corrected chi connectivity index (χ3v) is 13.4. The molecule has 1 aliphatic rings. The third kappa shape index (κ3) is 5.47. The molecular weight excluding hydrogens is 779 g/mol. The minimum absolute atomic E-state index is 0.470. The number of nitrogens with zero attached hydrogens (tertiary/aromatic N) is 1. The number of hydrogen-bond acceptors (Lipinski definition) is 3. The highest BCUT2D eigenvalue weighted by Gasteiger charge is 2.46. The predicted octanol–water partition coefficient (Wildman–Crippen LogP) is 16.7. The molecule has 0 unspecified atom stereocenters. The van der Waals surface area contributed by atoms with Crippen LogP contribution in [0.2, 0.25) is 0 Å². The minimum atomic E-state index is -0.470. The fourth-order valence-corrected chi connectivity index (χ4v) is 10.5. The Hall–Kier alpha value is -8.40. The number of anilines is 3. The summed E-state index contributed by atoms with van der Waals surface area (Å²) in [6.07, 6.45) is 0. The fraction of sp³-hybridized carbons (Fsp3) is 0.0164. The van der Waals surface area contributed by atoms with E-state index in [2.05, 4.69) is 217 Å². The lowest BCUT2D eigenvalue weighted by Gasteiger charge is -2.34. The van der Waals surface area contributed by atoms with Gasteiger partial charge >= 0.3 is 0 Å². The van der Waals surface area contributed by atoms with E-state index < -0.39 is 5.41 Å². The molecule has 2 heterocycles. The Kier molecular flexibility index (Phi) is 8.13. The fourth-order valence-electron chi connectivity index (χ4n) is 10.5. The lowest BCUT2D eigenvalue weighted by molar-refractivity contribution is 0.669. The molecule has 300 valence electrons. The summed E-state index contributed by atoms with van der Waals surface area (Å²) in [5.41, 5.74) is 18.4. The van der Waals surface area contributed by atoms with Crippen LogP contribution in [0.5, 0.6) is 0 Å². The van der Waals surface area contributed by atoms with E-state index in [1.807, 2.05) is 24.3 Å². The molecule has 0 aliphatic heterocycles. The highest BCUT2D eigenvalue weighted by Crippen LogP contribution is 2.57. The largest absolute Gasteiger partial charge is 0.456 e. The summed E-state index contributed by atoms with van der Waals surface area (Å²) in [7, 11) is 0. The first-order valence-electron chi connectivity index (χ1n) is 21.9. The summed E-state index contributed by atoms with van der Waals surface area (Å²) in [5, 5.41) is 4.47. The maximum absolute atomic E-state index is 6.38. The zero-order valence-electron chi connectivity index (χ0n) is 34.8. The molecule has 0 fully saturated rings. The number of para-hydroxylation sites is 3. The van der Waals surface area contributed by atoms with E-state index in [9.17, 15) is 0 Å². The third-order valence-electron chi connectivity index (χ3n) is 13.4. The summed E-state index contributed by atoms with van der Waals surface area (Å²) >= 11 is 0. The maximum atomic E-state index is 6.38. The first kappa shape index (κ1) is 36.3.